The third kappa shape index (κ3) is 4.72. The van der Waals surface area contributed by atoms with Gasteiger partial charge in [0.15, 0.2) is 15.7 Å². The number of likely N-dealkylation sites (N-methyl/N-ethyl adjacent to an activating group) is 1. The Morgan fingerprint density at radius 3 is 2.75 bits per heavy atom. The molecular weight excluding hydrogens is 451 g/mol. The van der Waals surface area contributed by atoms with Gasteiger partial charge in [-0.25, -0.2) is 22.8 Å². The Kier molecular flexibility index (Phi) is 6.37. The average Bonchev–Trinajstić information content (AvgIpc) is 3.45. The number of halogens is 1. The number of hydrogen-bond donors (Lipinski definition) is 0. The molecule has 1 fully saturated rings. The van der Waals surface area contributed by atoms with Crippen molar-refractivity contribution < 1.29 is 17.2 Å². The highest BCUT2D eigenvalue weighted by Gasteiger charge is 2.29. The van der Waals surface area contributed by atoms with E-state index in [9.17, 15) is 12.8 Å². The molecule has 0 aliphatic carbocycles. The molecule has 4 rings (SSSR count). The molecule has 1 saturated heterocycles. The van der Waals surface area contributed by atoms with Gasteiger partial charge in [-0.3, -0.25) is 4.90 Å². The van der Waals surface area contributed by atoms with Crippen molar-refractivity contribution in [1.82, 2.24) is 14.9 Å². The van der Waals surface area contributed by atoms with E-state index in [0.29, 0.717) is 23.8 Å². The topological polar surface area (TPSA) is 79.5 Å². The van der Waals surface area contributed by atoms with Crippen LogP contribution in [0.1, 0.15) is 35.0 Å². The Labute approximate surface area is 191 Å². The summed E-state index contributed by atoms with van der Waals surface area (Å²) in [4.78, 5) is 12.6. The molecule has 1 aliphatic heterocycles. The van der Waals surface area contributed by atoms with E-state index in [-0.39, 0.29) is 16.7 Å². The summed E-state index contributed by atoms with van der Waals surface area (Å²) in [5.41, 5.74) is 4.38. The molecule has 172 valence electrons. The Bertz CT molecular complexity index is 1210. The highest BCUT2D eigenvalue weighted by atomic mass is 32.2. The van der Waals surface area contributed by atoms with Gasteiger partial charge < -0.3 is 9.32 Å². The number of anilines is 1. The molecule has 0 unspecified atom stereocenters. The lowest BCUT2D eigenvalue weighted by molar-refractivity contribution is 0.320. The fourth-order valence-electron chi connectivity index (χ4n) is 4.24. The molecule has 0 amide bonds. The van der Waals surface area contributed by atoms with E-state index in [0.717, 1.165) is 36.5 Å². The van der Waals surface area contributed by atoms with Crippen molar-refractivity contribution >= 4 is 26.9 Å². The summed E-state index contributed by atoms with van der Waals surface area (Å²) in [5, 5.41) is 1.66. The van der Waals surface area contributed by atoms with Crippen LogP contribution in [0.15, 0.2) is 32.3 Å². The summed E-state index contributed by atoms with van der Waals surface area (Å²) in [6.07, 6.45) is 0.928. The molecule has 3 heterocycles. The van der Waals surface area contributed by atoms with Crippen LogP contribution in [-0.4, -0.2) is 49.5 Å². The van der Waals surface area contributed by atoms with Gasteiger partial charge in [-0.05, 0) is 38.0 Å². The number of sulfone groups is 1. The lowest BCUT2D eigenvalue weighted by Crippen LogP contribution is -2.35. The molecular formula is C22H27FN4O3S2. The monoisotopic (exact) mass is 478 g/mol. The Hall–Kier alpha value is -2.30. The smallest absolute Gasteiger partial charge is 0.191 e. The van der Waals surface area contributed by atoms with Gasteiger partial charge in [0.1, 0.15) is 16.5 Å². The third-order valence-corrected chi connectivity index (χ3v) is 8.25. The molecule has 1 atom stereocenters. The van der Waals surface area contributed by atoms with E-state index in [4.69, 9.17) is 4.42 Å². The summed E-state index contributed by atoms with van der Waals surface area (Å²) in [5.74, 6) is 0.477. The van der Waals surface area contributed by atoms with Crippen LogP contribution in [0, 0.1) is 26.6 Å². The molecule has 3 aromatic rings. The summed E-state index contributed by atoms with van der Waals surface area (Å²) in [6, 6.07) is 2.98. The summed E-state index contributed by atoms with van der Waals surface area (Å²) in [7, 11) is -1.88. The van der Waals surface area contributed by atoms with Crippen molar-refractivity contribution in [2.24, 2.45) is 0 Å². The standard InChI is InChI=1S/C22H27FN4O3S2/c1-14-7-22(32(28,29)12-17-11-31-13-24-17)19(23)8-21(14)26(4)18-5-6-27(9-18)10-20-15(2)30-16(3)25-20/h7-8,11,13,18H,5-6,9-10,12H2,1-4H3/t18-/m0/s1. The number of nitrogens with zero attached hydrogens (tertiary/aromatic N) is 4. The van der Waals surface area contributed by atoms with Gasteiger partial charge in [0, 0.05) is 50.7 Å². The van der Waals surface area contributed by atoms with Gasteiger partial charge in [-0.15, -0.1) is 11.3 Å². The van der Waals surface area contributed by atoms with Gasteiger partial charge in [0.05, 0.1) is 22.7 Å². The quantitative estimate of drug-likeness (QED) is 0.510. The van der Waals surface area contributed by atoms with E-state index in [1.807, 2.05) is 27.8 Å². The first-order valence-electron chi connectivity index (χ1n) is 10.4. The third-order valence-electron chi connectivity index (χ3n) is 5.96. The zero-order chi connectivity index (χ0) is 23.0. The van der Waals surface area contributed by atoms with Crippen LogP contribution in [0.5, 0.6) is 0 Å². The predicted octanol–water partition coefficient (Wildman–Crippen LogP) is 3.88. The number of rotatable bonds is 7. The van der Waals surface area contributed by atoms with Crippen LogP contribution >= 0.6 is 11.3 Å². The molecule has 0 radical (unpaired) electrons. The van der Waals surface area contributed by atoms with Gasteiger partial charge in [0.2, 0.25) is 0 Å². The fourth-order valence-corrected chi connectivity index (χ4v) is 6.32. The van der Waals surface area contributed by atoms with Gasteiger partial charge in [-0.1, -0.05) is 0 Å². The number of oxazole rings is 1. The van der Waals surface area contributed by atoms with Crippen molar-refractivity contribution in [2.45, 2.75) is 50.4 Å². The van der Waals surface area contributed by atoms with Gasteiger partial charge in [0.25, 0.3) is 0 Å². The second-order valence-corrected chi connectivity index (χ2v) is 11.0. The van der Waals surface area contributed by atoms with Crippen molar-refractivity contribution in [3.63, 3.8) is 0 Å². The summed E-state index contributed by atoms with van der Waals surface area (Å²) in [6.45, 7) is 8.02. The van der Waals surface area contributed by atoms with Crippen LogP contribution in [-0.2, 0) is 22.1 Å². The second-order valence-electron chi connectivity index (χ2n) is 8.33. The molecule has 10 heteroatoms. The molecule has 0 bridgehead atoms. The largest absolute Gasteiger partial charge is 0.446 e. The van der Waals surface area contributed by atoms with E-state index in [1.165, 1.54) is 23.5 Å². The summed E-state index contributed by atoms with van der Waals surface area (Å²) < 4.78 is 46.0. The highest BCUT2D eigenvalue weighted by Crippen LogP contribution is 2.31. The number of aryl methyl sites for hydroxylation is 3. The first-order valence-corrected chi connectivity index (χ1v) is 13.0. The molecule has 7 nitrogen and oxygen atoms in total. The normalized spacial score (nSPS) is 17.2. The minimum atomic E-state index is -3.82. The van der Waals surface area contributed by atoms with Gasteiger partial charge in [-0.2, -0.15) is 0 Å². The van der Waals surface area contributed by atoms with Crippen LogP contribution < -0.4 is 4.90 Å². The van der Waals surface area contributed by atoms with E-state index < -0.39 is 15.7 Å². The molecule has 2 aromatic heterocycles. The lowest BCUT2D eigenvalue weighted by Gasteiger charge is -2.29. The minimum Gasteiger partial charge on any atom is -0.446 e. The minimum absolute atomic E-state index is 0.193. The van der Waals surface area contributed by atoms with Crippen LogP contribution in [0.25, 0.3) is 0 Å². The van der Waals surface area contributed by atoms with Crippen molar-refractivity contribution in [1.29, 1.82) is 0 Å². The lowest BCUT2D eigenvalue weighted by atomic mass is 10.1. The number of likely N-dealkylation sites (tertiary alicyclic amines) is 1. The molecule has 1 aliphatic rings. The first kappa shape index (κ1) is 22.9. The number of thiazole rings is 1. The van der Waals surface area contributed by atoms with Gasteiger partial charge >= 0.3 is 0 Å². The van der Waals surface area contributed by atoms with E-state index in [2.05, 4.69) is 19.8 Å². The van der Waals surface area contributed by atoms with Crippen LogP contribution in [0.3, 0.4) is 0 Å². The molecule has 1 aromatic carbocycles. The van der Waals surface area contributed by atoms with Crippen molar-refractivity contribution in [3.05, 3.63) is 57.4 Å². The SMILES string of the molecule is Cc1nc(CN2CC[C@H](N(C)c3cc(F)c(S(=O)(=O)Cc4cscn4)cc3C)C2)c(C)o1. The zero-order valence-electron chi connectivity index (χ0n) is 18.6. The number of aromatic nitrogens is 2. The van der Waals surface area contributed by atoms with Crippen molar-refractivity contribution in [2.75, 3.05) is 25.0 Å². The molecule has 0 saturated carbocycles. The Balaban J connectivity index is 1.49. The fraction of sp³-hybridized carbons (Fsp3) is 0.455. The zero-order valence-corrected chi connectivity index (χ0v) is 20.3. The first-order chi connectivity index (χ1) is 15.1. The van der Waals surface area contributed by atoms with E-state index >= 15 is 0 Å². The van der Waals surface area contributed by atoms with Crippen molar-refractivity contribution in [3.8, 4) is 0 Å². The second kappa shape index (κ2) is 8.92. The Morgan fingerprint density at radius 1 is 1.31 bits per heavy atom. The highest BCUT2D eigenvalue weighted by molar-refractivity contribution is 7.90. The van der Waals surface area contributed by atoms with E-state index in [1.54, 1.807) is 10.9 Å². The maximum absolute atomic E-state index is 15.0. The maximum Gasteiger partial charge on any atom is 0.191 e. The number of hydrogen-bond acceptors (Lipinski definition) is 8. The Morgan fingerprint density at radius 2 is 2.09 bits per heavy atom. The maximum atomic E-state index is 15.0. The van der Waals surface area contributed by atoms with Crippen LogP contribution in [0.2, 0.25) is 0 Å². The number of benzene rings is 1. The average molecular weight is 479 g/mol. The molecule has 0 N–H and O–H groups in total. The molecule has 0 spiro atoms. The molecule has 32 heavy (non-hydrogen) atoms. The van der Waals surface area contributed by atoms with Crippen LogP contribution in [0.4, 0.5) is 10.1 Å². The summed E-state index contributed by atoms with van der Waals surface area (Å²) >= 11 is 1.32. The predicted molar refractivity (Wildman–Crippen MR) is 122 cm³/mol.